The van der Waals surface area contributed by atoms with E-state index in [0.29, 0.717) is 28.9 Å². The van der Waals surface area contributed by atoms with Crippen LogP contribution in [0.1, 0.15) is 25.8 Å². The minimum Gasteiger partial charge on any atom is -0.504 e. The normalized spacial score (nSPS) is 16.1. The second kappa shape index (κ2) is 10.2. The number of amides is 1. The summed E-state index contributed by atoms with van der Waals surface area (Å²) in [5.41, 5.74) is 0.521. The number of phenols is 1. The minimum absolute atomic E-state index is 0.0461. The van der Waals surface area contributed by atoms with E-state index < -0.39 is 4.92 Å². The summed E-state index contributed by atoms with van der Waals surface area (Å²) in [7, 11) is 1.30. The molecule has 2 aromatic rings. The van der Waals surface area contributed by atoms with Crippen molar-refractivity contribution in [3.8, 4) is 17.2 Å². The van der Waals surface area contributed by atoms with Crippen LogP contribution in [0.3, 0.4) is 0 Å². The molecule has 0 aliphatic carbocycles. The summed E-state index contributed by atoms with van der Waals surface area (Å²) in [6.45, 7) is 4.88. The molecule has 9 nitrogen and oxygen atoms in total. The molecule has 168 valence electrons. The first-order chi connectivity index (χ1) is 15.4. The number of methoxy groups -OCH3 is 1. The summed E-state index contributed by atoms with van der Waals surface area (Å²) in [5.74, 6) is 0.118. The number of benzene rings is 2. The van der Waals surface area contributed by atoms with Crippen LogP contribution in [-0.2, 0) is 4.79 Å². The van der Waals surface area contributed by atoms with Crippen molar-refractivity contribution < 1.29 is 24.3 Å². The number of thioether (sulfide) groups is 1. The molecule has 10 heteroatoms. The lowest BCUT2D eigenvalue weighted by molar-refractivity contribution is -0.385. The number of nitrogens with zero attached hydrogens (tertiary/aromatic N) is 3. The van der Waals surface area contributed by atoms with Gasteiger partial charge in [-0.05, 0) is 55.4 Å². The van der Waals surface area contributed by atoms with Crippen molar-refractivity contribution in [2.45, 2.75) is 20.3 Å². The van der Waals surface area contributed by atoms with Gasteiger partial charge in [0.15, 0.2) is 16.7 Å². The smallest absolute Gasteiger partial charge is 0.274 e. The van der Waals surface area contributed by atoms with Crippen molar-refractivity contribution in [3.63, 3.8) is 0 Å². The molecule has 1 saturated heterocycles. The van der Waals surface area contributed by atoms with Crippen LogP contribution >= 0.6 is 11.8 Å². The molecule has 0 radical (unpaired) electrons. The summed E-state index contributed by atoms with van der Waals surface area (Å²) in [4.78, 5) is 30.1. The Labute approximate surface area is 189 Å². The Hall–Kier alpha value is -3.53. The van der Waals surface area contributed by atoms with Crippen LogP contribution in [0.5, 0.6) is 17.2 Å². The Balaban J connectivity index is 1.99. The molecule has 0 aromatic heterocycles. The third kappa shape index (κ3) is 5.02. The van der Waals surface area contributed by atoms with Crippen molar-refractivity contribution in [1.29, 1.82) is 0 Å². The number of non-ortho nitro benzene ring substituents is 1. The Morgan fingerprint density at radius 2 is 1.97 bits per heavy atom. The average molecular weight is 458 g/mol. The number of ether oxygens (including phenoxy) is 2. The lowest BCUT2D eigenvalue weighted by Gasteiger charge is -2.14. The number of carbonyl (C=O) groups is 1. The predicted octanol–water partition coefficient (Wildman–Crippen LogP) is 4.72. The Morgan fingerprint density at radius 3 is 2.56 bits per heavy atom. The van der Waals surface area contributed by atoms with Crippen LogP contribution < -0.4 is 9.47 Å². The van der Waals surface area contributed by atoms with Crippen molar-refractivity contribution >= 4 is 40.3 Å². The van der Waals surface area contributed by atoms with Crippen LogP contribution in [-0.4, -0.2) is 46.3 Å². The first-order valence-electron chi connectivity index (χ1n) is 9.96. The monoisotopic (exact) mass is 457 g/mol. The maximum atomic E-state index is 13.0. The molecule has 1 N–H and O–H groups in total. The van der Waals surface area contributed by atoms with Crippen molar-refractivity contribution in [2.24, 2.45) is 4.99 Å². The highest BCUT2D eigenvalue weighted by atomic mass is 32.2. The fourth-order valence-electron chi connectivity index (χ4n) is 3.03. The molecule has 0 atom stereocenters. The first kappa shape index (κ1) is 23.1. The van der Waals surface area contributed by atoms with Gasteiger partial charge in [0.25, 0.3) is 11.6 Å². The molecule has 1 amide bonds. The molecular formula is C22H23N3O6S. The number of phenolic OH excluding ortho intramolecular Hbond substituents is 1. The molecule has 0 saturated carbocycles. The van der Waals surface area contributed by atoms with Gasteiger partial charge in [0.05, 0.1) is 35.3 Å². The van der Waals surface area contributed by atoms with Crippen LogP contribution in [0, 0.1) is 10.1 Å². The van der Waals surface area contributed by atoms with Crippen molar-refractivity contribution in [2.75, 3.05) is 20.3 Å². The van der Waals surface area contributed by atoms with Gasteiger partial charge in [-0.15, -0.1) is 0 Å². The van der Waals surface area contributed by atoms with E-state index in [0.717, 1.165) is 30.0 Å². The number of hydrogen-bond acceptors (Lipinski definition) is 8. The Morgan fingerprint density at radius 1 is 1.25 bits per heavy atom. The van der Waals surface area contributed by atoms with Crippen LogP contribution in [0.4, 0.5) is 11.4 Å². The van der Waals surface area contributed by atoms with Gasteiger partial charge in [-0.25, -0.2) is 4.99 Å². The van der Waals surface area contributed by atoms with E-state index in [-0.39, 0.29) is 28.7 Å². The van der Waals surface area contributed by atoms with Gasteiger partial charge in [-0.1, -0.05) is 6.92 Å². The van der Waals surface area contributed by atoms with E-state index in [1.54, 1.807) is 29.2 Å². The second-order valence-electron chi connectivity index (χ2n) is 6.73. The lowest BCUT2D eigenvalue weighted by Crippen LogP contribution is -2.29. The van der Waals surface area contributed by atoms with E-state index >= 15 is 0 Å². The SMILES string of the molecule is CCCN1C(=O)/C(=C/c2cc([N+](=O)[O-])cc(OC)c2O)SC1=Nc1ccc(OCC)cc1. The average Bonchev–Trinajstić information content (AvgIpc) is 3.05. The number of rotatable bonds is 8. The Kier molecular flexibility index (Phi) is 7.37. The first-order valence-corrected chi connectivity index (χ1v) is 10.8. The molecule has 0 unspecified atom stereocenters. The highest BCUT2D eigenvalue weighted by Gasteiger charge is 2.33. The van der Waals surface area contributed by atoms with Gasteiger partial charge < -0.3 is 14.6 Å². The van der Waals surface area contributed by atoms with Crippen LogP contribution in [0.2, 0.25) is 0 Å². The zero-order valence-electron chi connectivity index (χ0n) is 17.9. The van der Waals surface area contributed by atoms with E-state index in [9.17, 15) is 20.0 Å². The summed E-state index contributed by atoms with van der Waals surface area (Å²) in [5, 5.41) is 22.1. The fraction of sp³-hybridized carbons (Fsp3) is 0.273. The number of nitro benzene ring substituents is 1. The number of aromatic hydroxyl groups is 1. The number of aliphatic imine (C=N–C) groups is 1. The molecule has 2 aromatic carbocycles. The summed E-state index contributed by atoms with van der Waals surface area (Å²) in [6.07, 6.45) is 2.14. The third-order valence-corrected chi connectivity index (χ3v) is 5.52. The molecular weight excluding hydrogens is 434 g/mol. The molecule has 1 aliphatic rings. The molecule has 32 heavy (non-hydrogen) atoms. The van der Waals surface area contributed by atoms with Crippen molar-refractivity contribution in [1.82, 2.24) is 4.90 Å². The predicted molar refractivity (Wildman–Crippen MR) is 124 cm³/mol. The second-order valence-corrected chi connectivity index (χ2v) is 7.74. The third-order valence-electron chi connectivity index (χ3n) is 4.51. The number of hydrogen-bond donors (Lipinski definition) is 1. The quantitative estimate of drug-likeness (QED) is 0.346. The van der Waals surface area contributed by atoms with Gasteiger partial charge >= 0.3 is 0 Å². The fourth-order valence-corrected chi connectivity index (χ4v) is 4.05. The molecule has 1 fully saturated rings. The summed E-state index contributed by atoms with van der Waals surface area (Å²) in [6, 6.07) is 9.53. The zero-order chi connectivity index (χ0) is 23.3. The zero-order valence-corrected chi connectivity index (χ0v) is 18.7. The van der Waals surface area contributed by atoms with E-state index in [1.165, 1.54) is 19.3 Å². The maximum absolute atomic E-state index is 13.0. The Bertz CT molecular complexity index is 1080. The van der Waals surface area contributed by atoms with Gasteiger partial charge in [0.2, 0.25) is 0 Å². The standard InChI is InChI=1S/C22H23N3O6S/c1-4-10-24-21(27)19(12-14-11-16(25(28)29)13-18(30-3)20(14)26)32-22(24)23-15-6-8-17(9-7-15)31-5-2/h6-9,11-13,26H,4-5,10H2,1-3H3/b19-12-,23-22?. The summed E-state index contributed by atoms with van der Waals surface area (Å²) < 4.78 is 10.5. The molecule has 1 heterocycles. The summed E-state index contributed by atoms with van der Waals surface area (Å²) >= 11 is 1.14. The van der Waals surface area contributed by atoms with Gasteiger partial charge in [-0.3, -0.25) is 19.8 Å². The molecule has 0 bridgehead atoms. The topological polar surface area (TPSA) is 115 Å². The van der Waals surface area contributed by atoms with E-state index in [2.05, 4.69) is 4.99 Å². The number of nitro groups is 1. The van der Waals surface area contributed by atoms with E-state index in [1.807, 2.05) is 13.8 Å². The van der Waals surface area contributed by atoms with Crippen molar-refractivity contribution in [3.05, 3.63) is 57.0 Å². The van der Waals surface area contributed by atoms with Gasteiger partial charge in [0, 0.05) is 18.2 Å². The van der Waals surface area contributed by atoms with Crippen LogP contribution in [0.25, 0.3) is 6.08 Å². The highest BCUT2D eigenvalue weighted by Crippen LogP contribution is 2.39. The minimum atomic E-state index is -0.588. The molecule has 0 spiro atoms. The number of amidine groups is 1. The highest BCUT2D eigenvalue weighted by molar-refractivity contribution is 8.18. The van der Waals surface area contributed by atoms with Gasteiger partial charge in [-0.2, -0.15) is 0 Å². The number of carbonyl (C=O) groups excluding carboxylic acids is 1. The largest absolute Gasteiger partial charge is 0.504 e. The van der Waals surface area contributed by atoms with Crippen LogP contribution in [0.15, 0.2) is 46.3 Å². The molecule has 1 aliphatic heterocycles. The van der Waals surface area contributed by atoms with Gasteiger partial charge in [0.1, 0.15) is 5.75 Å². The maximum Gasteiger partial charge on any atom is 0.274 e. The van der Waals surface area contributed by atoms with E-state index in [4.69, 9.17) is 9.47 Å². The molecule has 3 rings (SSSR count). The lowest BCUT2D eigenvalue weighted by atomic mass is 10.1.